The van der Waals surface area contributed by atoms with Gasteiger partial charge in [-0.1, -0.05) is 24.8 Å². The highest BCUT2D eigenvalue weighted by Gasteiger charge is 2.34. The van der Waals surface area contributed by atoms with Crippen LogP contribution in [0.2, 0.25) is 0 Å². The average molecular weight is 483 g/mol. The van der Waals surface area contributed by atoms with Crippen LogP contribution in [-0.2, 0) is 10.5 Å². The first-order chi connectivity index (χ1) is 17.5. The number of pyridine rings is 1. The number of nitrogens with one attached hydrogen (secondary N) is 3. The molecule has 0 spiro atoms. The maximum absolute atomic E-state index is 12.4. The molecule has 0 bridgehead atoms. The van der Waals surface area contributed by atoms with E-state index in [0.717, 1.165) is 59.7 Å². The predicted molar refractivity (Wildman–Crippen MR) is 143 cm³/mol. The van der Waals surface area contributed by atoms with E-state index in [1.54, 1.807) is 18.6 Å². The lowest BCUT2D eigenvalue weighted by molar-refractivity contribution is -0.118. The van der Waals surface area contributed by atoms with Gasteiger partial charge in [-0.2, -0.15) is 0 Å². The second kappa shape index (κ2) is 9.79. The number of carbonyl (C=O) groups is 1. The van der Waals surface area contributed by atoms with Gasteiger partial charge in [0.15, 0.2) is 5.66 Å². The van der Waals surface area contributed by atoms with E-state index < -0.39 is 5.66 Å². The lowest BCUT2D eigenvalue weighted by Crippen LogP contribution is -2.53. The monoisotopic (exact) mass is 482 g/mol. The highest BCUT2D eigenvalue weighted by molar-refractivity contribution is 5.90. The summed E-state index contributed by atoms with van der Waals surface area (Å²) in [6.45, 7) is 9.60. The number of hydrogen-bond acceptors (Lipinski definition) is 8. The molecular formula is C27H30N8O. The first-order valence-corrected chi connectivity index (χ1v) is 12.0. The third-order valence-corrected chi connectivity index (χ3v) is 6.56. The Morgan fingerprint density at radius 2 is 1.94 bits per heavy atom. The molecule has 3 aromatic rings. The molecule has 1 aromatic carbocycles. The molecule has 9 heteroatoms. The molecule has 2 aromatic heterocycles. The summed E-state index contributed by atoms with van der Waals surface area (Å²) in [5.41, 5.74) is 2.37. The van der Waals surface area contributed by atoms with Crippen LogP contribution < -0.4 is 20.9 Å². The Kier molecular flexibility index (Phi) is 6.39. The Morgan fingerprint density at radius 3 is 2.64 bits per heavy atom. The third kappa shape index (κ3) is 4.65. The van der Waals surface area contributed by atoms with Crippen molar-refractivity contribution in [3.63, 3.8) is 0 Å². The molecule has 1 fully saturated rings. The summed E-state index contributed by atoms with van der Waals surface area (Å²) >= 11 is 0. The van der Waals surface area contributed by atoms with Gasteiger partial charge in [0.25, 0.3) is 0 Å². The Hall–Kier alpha value is -4.24. The number of piperazine rings is 1. The van der Waals surface area contributed by atoms with Gasteiger partial charge in [-0.15, -0.1) is 0 Å². The van der Waals surface area contributed by atoms with Crippen LogP contribution in [0.3, 0.4) is 0 Å². The molecule has 2 aliphatic heterocycles. The molecule has 5 rings (SSSR count). The van der Waals surface area contributed by atoms with Crippen LogP contribution in [0.15, 0.2) is 73.7 Å². The highest BCUT2D eigenvalue weighted by atomic mass is 16.1. The largest absolute Gasteiger partial charge is 0.362 e. The smallest absolute Gasteiger partial charge is 0.245 e. The topological polar surface area (TPSA) is 98.3 Å². The number of dihydropyridines is 1. The van der Waals surface area contributed by atoms with E-state index in [2.05, 4.69) is 49.3 Å². The number of anilines is 3. The van der Waals surface area contributed by atoms with E-state index in [4.69, 9.17) is 4.98 Å². The lowest BCUT2D eigenvalue weighted by Gasteiger charge is -2.35. The van der Waals surface area contributed by atoms with Crippen molar-refractivity contribution in [3.8, 4) is 0 Å². The van der Waals surface area contributed by atoms with Crippen LogP contribution in [0.25, 0.3) is 10.9 Å². The molecular weight excluding hydrogens is 452 g/mol. The zero-order chi connectivity index (χ0) is 25.1. The number of rotatable bonds is 6. The van der Waals surface area contributed by atoms with Crippen molar-refractivity contribution in [2.45, 2.75) is 12.6 Å². The van der Waals surface area contributed by atoms with Gasteiger partial charge < -0.3 is 25.8 Å². The summed E-state index contributed by atoms with van der Waals surface area (Å²) in [7, 11) is 2.14. The second-order valence-corrected chi connectivity index (χ2v) is 9.07. The van der Waals surface area contributed by atoms with Gasteiger partial charge in [-0.3, -0.25) is 4.79 Å². The molecule has 0 radical (unpaired) electrons. The summed E-state index contributed by atoms with van der Waals surface area (Å²) in [6.07, 6.45) is 12.3. The fraction of sp³-hybridized carbons (Fsp3) is 0.259. The van der Waals surface area contributed by atoms with Crippen molar-refractivity contribution in [3.05, 3.63) is 84.9 Å². The van der Waals surface area contributed by atoms with E-state index in [1.807, 2.05) is 49.4 Å². The lowest BCUT2D eigenvalue weighted by atomic mass is 9.90. The molecule has 2 aliphatic rings. The van der Waals surface area contributed by atoms with E-state index in [-0.39, 0.29) is 5.91 Å². The molecule has 1 saturated heterocycles. The summed E-state index contributed by atoms with van der Waals surface area (Å²) in [5.74, 6) is 1.12. The van der Waals surface area contributed by atoms with Crippen molar-refractivity contribution >= 4 is 34.3 Å². The minimum Gasteiger partial charge on any atom is -0.362 e. The number of hydrogen-bond donors (Lipinski definition) is 3. The SMILES string of the molecule is C=CC(=O)NC1(c2c(C)ccc3cnc(Nc4ccc(N5CCN(C)CC5)nc4)nc23)C=CC=CN1. The standard InChI is InChI=1S/C27H30N8O/c1-4-23(36)33-27(11-5-6-12-30-27)24-19(2)7-8-20-17-29-26(32-25(20)24)31-21-9-10-22(28-18-21)35-15-13-34(3)14-16-35/h4-12,17-18,30H,1,13-16H2,2-3H3,(H,33,36)(H,29,31,32). The first kappa shape index (κ1) is 23.5. The quantitative estimate of drug-likeness (QED) is 0.462. The normalized spacial score (nSPS) is 19.7. The number of benzene rings is 1. The number of likely N-dealkylation sites (N-methyl/N-ethyl adjacent to an activating group) is 1. The first-order valence-electron chi connectivity index (χ1n) is 12.0. The molecule has 9 nitrogen and oxygen atoms in total. The van der Waals surface area contributed by atoms with E-state index in [0.29, 0.717) is 5.95 Å². The maximum atomic E-state index is 12.4. The molecule has 4 heterocycles. The van der Waals surface area contributed by atoms with Crippen molar-refractivity contribution in [2.24, 2.45) is 0 Å². The van der Waals surface area contributed by atoms with E-state index >= 15 is 0 Å². The summed E-state index contributed by atoms with van der Waals surface area (Å²) in [4.78, 5) is 31.0. The Bertz CT molecular complexity index is 1340. The van der Waals surface area contributed by atoms with E-state index in [9.17, 15) is 4.79 Å². The zero-order valence-corrected chi connectivity index (χ0v) is 20.5. The number of amides is 1. The maximum Gasteiger partial charge on any atom is 0.245 e. The van der Waals surface area contributed by atoms with Gasteiger partial charge in [0.1, 0.15) is 5.82 Å². The number of allylic oxidation sites excluding steroid dienone is 2. The number of aryl methyl sites for hydroxylation is 1. The van der Waals surface area contributed by atoms with Crippen molar-refractivity contribution < 1.29 is 4.79 Å². The van der Waals surface area contributed by atoms with Gasteiger partial charge in [-0.25, -0.2) is 15.0 Å². The van der Waals surface area contributed by atoms with Crippen molar-refractivity contribution in [2.75, 3.05) is 43.4 Å². The fourth-order valence-corrected chi connectivity index (χ4v) is 4.59. The van der Waals surface area contributed by atoms with Gasteiger partial charge in [0.2, 0.25) is 11.9 Å². The summed E-state index contributed by atoms with van der Waals surface area (Å²) < 4.78 is 0. The van der Waals surface area contributed by atoms with Crippen LogP contribution in [0, 0.1) is 6.92 Å². The second-order valence-electron chi connectivity index (χ2n) is 9.07. The molecule has 1 unspecified atom stereocenters. The Balaban J connectivity index is 1.47. The van der Waals surface area contributed by atoms with E-state index in [1.165, 1.54) is 6.08 Å². The minimum absolute atomic E-state index is 0.294. The molecule has 0 aliphatic carbocycles. The highest BCUT2D eigenvalue weighted by Crippen LogP contribution is 2.32. The van der Waals surface area contributed by atoms with Crippen LogP contribution in [-0.4, -0.2) is 59.0 Å². The summed E-state index contributed by atoms with van der Waals surface area (Å²) in [5, 5.41) is 10.5. The number of aromatic nitrogens is 3. The zero-order valence-electron chi connectivity index (χ0n) is 20.5. The molecule has 184 valence electrons. The minimum atomic E-state index is -0.971. The van der Waals surface area contributed by atoms with Gasteiger partial charge in [-0.05, 0) is 56.1 Å². The van der Waals surface area contributed by atoms with Crippen LogP contribution in [0.5, 0.6) is 0 Å². The van der Waals surface area contributed by atoms with Crippen LogP contribution >= 0.6 is 0 Å². The number of fused-ring (bicyclic) bond motifs is 1. The van der Waals surface area contributed by atoms with Gasteiger partial charge >= 0.3 is 0 Å². The third-order valence-electron chi connectivity index (χ3n) is 6.56. The fourth-order valence-electron chi connectivity index (χ4n) is 4.59. The molecule has 1 amide bonds. The average Bonchev–Trinajstić information content (AvgIpc) is 2.90. The number of carbonyl (C=O) groups excluding carboxylic acids is 1. The molecule has 36 heavy (non-hydrogen) atoms. The van der Waals surface area contributed by atoms with Crippen LogP contribution in [0.4, 0.5) is 17.5 Å². The van der Waals surface area contributed by atoms with Crippen molar-refractivity contribution in [1.82, 2.24) is 30.5 Å². The number of nitrogens with zero attached hydrogens (tertiary/aromatic N) is 5. The Morgan fingerprint density at radius 1 is 1.11 bits per heavy atom. The summed E-state index contributed by atoms with van der Waals surface area (Å²) in [6, 6.07) is 8.00. The molecule has 3 N–H and O–H groups in total. The Labute approximate surface area is 210 Å². The van der Waals surface area contributed by atoms with Crippen molar-refractivity contribution in [1.29, 1.82) is 0 Å². The van der Waals surface area contributed by atoms with Gasteiger partial charge in [0, 0.05) is 43.3 Å². The predicted octanol–water partition coefficient (Wildman–Crippen LogP) is 2.96. The van der Waals surface area contributed by atoms with Crippen LogP contribution in [0.1, 0.15) is 11.1 Å². The molecule has 1 atom stereocenters. The van der Waals surface area contributed by atoms with Gasteiger partial charge in [0.05, 0.1) is 17.4 Å². The molecule has 0 saturated carbocycles.